The molecule has 4 atom stereocenters. The minimum atomic E-state index is -0.0682. The molecule has 3 nitrogen and oxygen atoms in total. The number of fused-ring (bicyclic) bond motifs is 5. The van der Waals surface area contributed by atoms with Crippen molar-refractivity contribution in [1.82, 2.24) is 5.32 Å². The third-order valence-electron chi connectivity index (χ3n) is 4.47. The maximum atomic E-state index is 11.4. The lowest BCUT2D eigenvalue weighted by atomic mass is 10.0. The average Bonchev–Trinajstić information content (AvgIpc) is 2.58. The van der Waals surface area contributed by atoms with Crippen molar-refractivity contribution in [2.45, 2.75) is 38.6 Å². The molecule has 3 fully saturated rings. The molecule has 3 aliphatic carbocycles. The molecule has 1 N–H and O–H groups in total. The van der Waals surface area contributed by atoms with Crippen LogP contribution in [0.4, 0.5) is 0 Å². The zero-order valence-corrected chi connectivity index (χ0v) is 9.03. The highest BCUT2D eigenvalue weighted by Gasteiger charge is 2.65. The molecule has 0 radical (unpaired) electrons. The fourth-order valence-electron chi connectivity index (χ4n) is 3.98. The third-order valence-corrected chi connectivity index (χ3v) is 4.47. The van der Waals surface area contributed by atoms with E-state index in [-0.39, 0.29) is 18.1 Å². The van der Waals surface area contributed by atoms with E-state index in [9.17, 15) is 9.59 Å². The lowest BCUT2D eigenvalue weighted by molar-refractivity contribution is -0.127. The second kappa shape index (κ2) is 3.06. The number of nitrogens with one attached hydrogen (secondary N) is 1. The normalized spacial score (nSPS) is 45.0. The summed E-state index contributed by atoms with van der Waals surface area (Å²) in [7, 11) is 0. The lowest BCUT2D eigenvalue weighted by Crippen LogP contribution is -2.30. The molecule has 3 rings (SSSR count). The van der Waals surface area contributed by atoms with Crippen LogP contribution in [-0.2, 0) is 9.59 Å². The summed E-state index contributed by atoms with van der Waals surface area (Å²) in [5.74, 6) is 3.17. The van der Waals surface area contributed by atoms with Crippen LogP contribution in [0.25, 0.3) is 0 Å². The number of rotatable bonds is 3. The van der Waals surface area contributed by atoms with Crippen molar-refractivity contribution in [2.75, 3.05) is 0 Å². The number of Topliss-reactive ketones (excluding diaryl/α,β-unsaturated/α-hetero) is 1. The van der Waals surface area contributed by atoms with Gasteiger partial charge in [-0.1, -0.05) is 0 Å². The van der Waals surface area contributed by atoms with E-state index in [0.717, 1.165) is 23.7 Å². The summed E-state index contributed by atoms with van der Waals surface area (Å²) in [6.07, 6.45) is 4.19. The molecule has 0 aromatic heterocycles. The van der Waals surface area contributed by atoms with Gasteiger partial charge in [-0.15, -0.1) is 0 Å². The second-order valence-electron chi connectivity index (χ2n) is 5.46. The van der Waals surface area contributed by atoms with Crippen LogP contribution >= 0.6 is 0 Å². The fraction of sp³-hybridized carbons (Fsp3) is 0.833. The summed E-state index contributed by atoms with van der Waals surface area (Å²) in [6, 6.07) is 0.420. The van der Waals surface area contributed by atoms with Crippen LogP contribution in [0.5, 0.6) is 0 Å². The highest BCUT2D eigenvalue weighted by Crippen LogP contribution is 2.65. The van der Waals surface area contributed by atoms with E-state index in [1.165, 1.54) is 26.2 Å². The topological polar surface area (TPSA) is 46.2 Å². The van der Waals surface area contributed by atoms with Crippen molar-refractivity contribution in [1.29, 1.82) is 0 Å². The van der Waals surface area contributed by atoms with Gasteiger partial charge in [-0.3, -0.25) is 9.59 Å². The molecule has 0 aliphatic heterocycles. The van der Waals surface area contributed by atoms with E-state index in [4.69, 9.17) is 0 Å². The Morgan fingerprint density at radius 2 is 1.80 bits per heavy atom. The van der Waals surface area contributed by atoms with Crippen LogP contribution in [0, 0.1) is 23.7 Å². The molecule has 0 spiro atoms. The SMILES string of the molecule is CC(=O)CC(=O)NC1C2C3CCC(C3)C12. The maximum absolute atomic E-state index is 11.4. The number of amides is 1. The Hall–Kier alpha value is -0.860. The highest BCUT2D eigenvalue weighted by atomic mass is 16.2. The van der Waals surface area contributed by atoms with Gasteiger partial charge in [0.05, 0.1) is 6.42 Å². The van der Waals surface area contributed by atoms with Gasteiger partial charge >= 0.3 is 0 Å². The molecule has 3 aliphatic rings. The van der Waals surface area contributed by atoms with Gasteiger partial charge in [0, 0.05) is 6.04 Å². The van der Waals surface area contributed by atoms with E-state index < -0.39 is 0 Å². The Morgan fingerprint density at radius 1 is 1.20 bits per heavy atom. The monoisotopic (exact) mass is 207 g/mol. The molecule has 15 heavy (non-hydrogen) atoms. The Labute approximate surface area is 89.6 Å². The molecule has 0 aromatic carbocycles. The minimum absolute atomic E-state index is 0.0405. The molecule has 0 aromatic rings. The van der Waals surface area contributed by atoms with Gasteiger partial charge in [-0.05, 0) is 49.9 Å². The number of ketones is 1. The lowest BCUT2D eigenvalue weighted by Gasteiger charge is -2.09. The zero-order valence-electron chi connectivity index (χ0n) is 9.03. The summed E-state index contributed by atoms with van der Waals surface area (Å²) in [5.41, 5.74) is 0. The summed E-state index contributed by atoms with van der Waals surface area (Å²) >= 11 is 0. The molecule has 3 saturated carbocycles. The molecule has 0 saturated heterocycles. The van der Waals surface area contributed by atoms with Crippen LogP contribution < -0.4 is 5.32 Å². The highest BCUT2D eigenvalue weighted by molar-refractivity contribution is 5.97. The van der Waals surface area contributed by atoms with Crippen LogP contribution in [-0.4, -0.2) is 17.7 Å². The number of carbonyl (C=O) groups excluding carboxylic acids is 2. The Morgan fingerprint density at radius 3 is 2.33 bits per heavy atom. The summed E-state index contributed by atoms with van der Waals surface area (Å²) < 4.78 is 0. The molecule has 3 heteroatoms. The van der Waals surface area contributed by atoms with Crippen LogP contribution in [0.2, 0.25) is 0 Å². The van der Waals surface area contributed by atoms with Crippen molar-refractivity contribution < 1.29 is 9.59 Å². The molecule has 4 unspecified atom stereocenters. The fourth-order valence-corrected chi connectivity index (χ4v) is 3.98. The molecule has 1 amide bonds. The van der Waals surface area contributed by atoms with E-state index in [1.807, 2.05) is 0 Å². The molecular formula is C12H17NO2. The first-order valence-corrected chi connectivity index (χ1v) is 5.95. The van der Waals surface area contributed by atoms with Gasteiger partial charge in [0.15, 0.2) is 0 Å². The average molecular weight is 207 g/mol. The van der Waals surface area contributed by atoms with Gasteiger partial charge in [0.2, 0.25) is 5.91 Å². The van der Waals surface area contributed by atoms with Crippen molar-refractivity contribution in [3.63, 3.8) is 0 Å². The van der Waals surface area contributed by atoms with E-state index in [2.05, 4.69) is 5.32 Å². The van der Waals surface area contributed by atoms with E-state index >= 15 is 0 Å². The first-order chi connectivity index (χ1) is 7.16. The van der Waals surface area contributed by atoms with Gasteiger partial charge in [-0.2, -0.15) is 0 Å². The van der Waals surface area contributed by atoms with Gasteiger partial charge in [0.25, 0.3) is 0 Å². The van der Waals surface area contributed by atoms with Gasteiger partial charge in [-0.25, -0.2) is 0 Å². The van der Waals surface area contributed by atoms with Crippen molar-refractivity contribution in [3.8, 4) is 0 Å². The molecule has 2 bridgehead atoms. The Kier molecular flexibility index (Phi) is 1.91. The van der Waals surface area contributed by atoms with Crippen LogP contribution in [0.3, 0.4) is 0 Å². The van der Waals surface area contributed by atoms with Crippen LogP contribution in [0.15, 0.2) is 0 Å². The predicted octanol–water partition coefficient (Wildman–Crippen LogP) is 1.13. The maximum Gasteiger partial charge on any atom is 0.227 e. The van der Waals surface area contributed by atoms with Crippen molar-refractivity contribution in [3.05, 3.63) is 0 Å². The quantitative estimate of drug-likeness (QED) is 0.705. The van der Waals surface area contributed by atoms with Crippen LogP contribution in [0.1, 0.15) is 32.6 Å². The molecular weight excluding hydrogens is 190 g/mol. The standard InChI is InChI=1S/C12H17NO2/c1-6(14)4-9(15)13-12-10-7-2-3-8(5-7)11(10)12/h7-8,10-12H,2-5H2,1H3,(H,13,15). The largest absolute Gasteiger partial charge is 0.352 e. The Bertz CT molecular complexity index is 310. The third kappa shape index (κ3) is 1.40. The number of hydrogen-bond acceptors (Lipinski definition) is 2. The van der Waals surface area contributed by atoms with Gasteiger partial charge in [0.1, 0.15) is 5.78 Å². The Balaban J connectivity index is 1.55. The molecule has 82 valence electrons. The first-order valence-electron chi connectivity index (χ1n) is 5.95. The smallest absolute Gasteiger partial charge is 0.227 e. The predicted molar refractivity (Wildman–Crippen MR) is 55.0 cm³/mol. The summed E-state index contributed by atoms with van der Waals surface area (Å²) in [4.78, 5) is 22.2. The second-order valence-corrected chi connectivity index (χ2v) is 5.46. The number of hydrogen-bond donors (Lipinski definition) is 1. The van der Waals surface area contributed by atoms with E-state index in [1.54, 1.807) is 0 Å². The van der Waals surface area contributed by atoms with Crippen molar-refractivity contribution >= 4 is 11.7 Å². The number of carbonyl (C=O) groups is 2. The van der Waals surface area contributed by atoms with Crippen molar-refractivity contribution in [2.24, 2.45) is 23.7 Å². The first kappa shape index (κ1) is 9.37. The zero-order chi connectivity index (χ0) is 10.6. The van der Waals surface area contributed by atoms with Gasteiger partial charge < -0.3 is 5.32 Å². The van der Waals surface area contributed by atoms with E-state index in [0.29, 0.717) is 6.04 Å². The summed E-state index contributed by atoms with van der Waals surface area (Å²) in [5, 5.41) is 3.03. The molecule has 0 heterocycles. The minimum Gasteiger partial charge on any atom is -0.352 e. The summed E-state index contributed by atoms with van der Waals surface area (Å²) in [6.45, 7) is 1.47.